The van der Waals surface area contributed by atoms with Gasteiger partial charge in [0.2, 0.25) is 0 Å². The van der Waals surface area contributed by atoms with Crippen LogP contribution in [0.3, 0.4) is 0 Å². The van der Waals surface area contributed by atoms with Gasteiger partial charge in [0.1, 0.15) is 11.2 Å². The maximum absolute atomic E-state index is 6.27. The fourth-order valence-corrected chi connectivity index (χ4v) is 6.50. The van der Waals surface area contributed by atoms with E-state index in [0.717, 1.165) is 66.8 Å². The molecule has 0 unspecified atom stereocenters. The first-order valence-electron chi connectivity index (χ1n) is 16.6. The lowest BCUT2D eigenvalue weighted by Gasteiger charge is -2.27. The Morgan fingerprint density at radius 3 is 1.58 bits per heavy atom. The van der Waals surface area contributed by atoms with Gasteiger partial charge in [0.15, 0.2) is 17.5 Å². The third-order valence-electron chi connectivity index (χ3n) is 8.94. The van der Waals surface area contributed by atoms with Crippen LogP contribution in [-0.2, 0) is 0 Å². The van der Waals surface area contributed by atoms with Gasteiger partial charge in [-0.2, -0.15) is 0 Å². The molecule has 0 bridgehead atoms. The monoisotopic (exact) mass is 642 g/mol. The second-order valence-corrected chi connectivity index (χ2v) is 12.1. The normalized spacial score (nSPS) is 11.2. The molecule has 0 radical (unpaired) electrons. The van der Waals surface area contributed by atoms with Crippen molar-refractivity contribution < 1.29 is 4.42 Å². The molecule has 9 aromatic rings. The molecule has 2 aromatic heterocycles. The van der Waals surface area contributed by atoms with E-state index < -0.39 is 0 Å². The molecule has 0 fully saturated rings. The van der Waals surface area contributed by atoms with Crippen molar-refractivity contribution in [1.29, 1.82) is 0 Å². The zero-order valence-electron chi connectivity index (χ0n) is 27.0. The van der Waals surface area contributed by atoms with Crippen molar-refractivity contribution in [1.82, 2.24) is 15.0 Å². The largest absolute Gasteiger partial charge is 0.456 e. The number of nitrogens with zero attached hydrogens (tertiary/aromatic N) is 4. The highest BCUT2D eigenvalue weighted by Crippen LogP contribution is 2.40. The van der Waals surface area contributed by atoms with Gasteiger partial charge in [-0.05, 0) is 65.7 Å². The predicted molar refractivity (Wildman–Crippen MR) is 204 cm³/mol. The van der Waals surface area contributed by atoms with Gasteiger partial charge in [-0.3, -0.25) is 0 Å². The summed E-state index contributed by atoms with van der Waals surface area (Å²) in [4.78, 5) is 17.6. The molecular formula is C45H30N4O. The molecular weight excluding hydrogens is 613 g/mol. The molecule has 0 aliphatic carbocycles. The summed E-state index contributed by atoms with van der Waals surface area (Å²) in [5, 5.41) is 2.14. The summed E-state index contributed by atoms with van der Waals surface area (Å²) in [6.07, 6.45) is 0. The predicted octanol–water partition coefficient (Wildman–Crippen LogP) is 11.9. The van der Waals surface area contributed by atoms with E-state index in [1.54, 1.807) is 0 Å². The molecule has 236 valence electrons. The fraction of sp³-hybridized carbons (Fsp3) is 0. The summed E-state index contributed by atoms with van der Waals surface area (Å²) in [5.41, 5.74) is 9.60. The van der Waals surface area contributed by atoms with E-state index in [0.29, 0.717) is 17.5 Å². The van der Waals surface area contributed by atoms with Crippen LogP contribution < -0.4 is 4.90 Å². The first kappa shape index (κ1) is 29.3. The topological polar surface area (TPSA) is 55.1 Å². The molecule has 0 saturated carbocycles. The van der Waals surface area contributed by atoms with Crippen LogP contribution in [0, 0.1) is 0 Å². The average Bonchev–Trinajstić information content (AvgIpc) is 3.57. The van der Waals surface area contributed by atoms with E-state index >= 15 is 0 Å². The van der Waals surface area contributed by atoms with Gasteiger partial charge >= 0.3 is 0 Å². The zero-order valence-corrected chi connectivity index (χ0v) is 27.0. The van der Waals surface area contributed by atoms with Gasteiger partial charge in [-0.25, -0.2) is 15.0 Å². The van der Waals surface area contributed by atoms with Crippen LogP contribution in [-0.4, -0.2) is 15.0 Å². The Labute approximate surface area is 289 Å². The molecule has 0 atom stereocenters. The minimum Gasteiger partial charge on any atom is -0.456 e. The molecule has 0 saturated heterocycles. The quantitative estimate of drug-likeness (QED) is 0.173. The van der Waals surface area contributed by atoms with Crippen molar-refractivity contribution >= 4 is 39.0 Å². The van der Waals surface area contributed by atoms with E-state index in [1.165, 1.54) is 0 Å². The van der Waals surface area contributed by atoms with E-state index in [4.69, 9.17) is 19.4 Å². The molecule has 2 heterocycles. The summed E-state index contributed by atoms with van der Waals surface area (Å²) in [6, 6.07) is 62.1. The van der Waals surface area contributed by atoms with Crippen LogP contribution in [0.1, 0.15) is 0 Å². The third kappa shape index (κ3) is 5.47. The Morgan fingerprint density at radius 1 is 0.360 bits per heavy atom. The SMILES string of the molecule is c1ccc(-c2ccc(-c3nc(-c4ccc5c(c4)oc4ccccc45)nc(-c4ccccc4N(c4ccccc4)c4ccccc4)n3)cc2)cc1. The molecule has 0 amide bonds. The minimum absolute atomic E-state index is 0.570. The number of furan rings is 1. The Kier molecular flexibility index (Phi) is 7.41. The maximum Gasteiger partial charge on any atom is 0.166 e. The molecule has 0 N–H and O–H groups in total. The van der Waals surface area contributed by atoms with Gasteiger partial charge in [0.25, 0.3) is 0 Å². The highest BCUT2D eigenvalue weighted by Gasteiger charge is 2.21. The number of para-hydroxylation sites is 4. The molecule has 5 nitrogen and oxygen atoms in total. The van der Waals surface area contributed by atoms with E-state index in [2.05, 4.69) is 138 Å². The molecule has 50 heavy (non-hydrogen) atoms. The van der Waals surface area contributed by atoms with Crippen molar-refractivity contribution in [2.75, 3.05) is 4.90 Å². The molecule has 0 aliphatic rings. The molecule has 5 heteroatoms. The fourth-order valence-electron chi connectivity index (χ4n) is 6.50. The molecule has 7 aromatic carbocycles. The lowest BCUT2D eigenvalue weighted by atomic mass is 10.0. The number of fused-ring (bicyclic) bond motifs is 3. The number of aromatic nitrogens is 3. The van der Waals surface area contributed by atoms with E-state index in [-0.39, 0.29) is 0 Å². The highest BCUT2D eigenvalue weighted by molar-refractivity contribution is 6.05. The van der Waals surface area contributed by atoms with Gasteiger partial charge in [0.05, 0.1) is 5.69 Å². The van der Waals surface area contributed by atoms with Crippen LogP contribution >= 0.6 is 0 Å². The molecule has 0 spiro atoms. The first-order chi connectivity index (χ1) is 24.8. The van der Waals surface area contributed by atoms with Crippen LogP contribution in [0.4, 0.5) is 17.1 Å². The molecule has 9 rings (SSSR count). The van der Waals surface area contributed by atoms with Crippen LogP contribution in [0.15, 0.2) is 186 Å². The Morgan fingerprint density at radius 2 is 0.860 bits per heavy atom. The van der Waals surface area contributed by atoms with Crippen molar-refractivity contribution in [2.24, 2.45) is 0 Å². The zero-order chi connectivity index (χ0) is 33.3. The second kappa shape index (κ2) is 12.6. The molecule has 0 aliphatic heterocycles. The number of benzene rings is 7. The van der Waals surface area contributed by atoms with Crippen molar-refractivity contribution in [2.45, 2.75) is 0 Å². The number of hydrogen-bond acceptors (Lipinski definition) is 5. The summed E-state index contributed by atoms with van der Waals surface area (Å²) in [6.45, 7) is 0. The van der Waals surface area contributed by atoms with Gasteiger partial charge in [0, 0.05) is 38.8 Å². The summed E-state index contributed by atoms with van der Waals surface area (Å²) in [5.74, 6) is 1.74. The summed E-state index contributed by atoms with van der Waals surface area (Å²) >= 11 is 0. The third-order valence-corrected chi connectivity index (χ3v) is 8.94. The van der Waals surface area contributed by atoms with Gasteiger partial charge < -0.3 is 9.32 Å². The lowest BCUT2D eigenvalue weighted by Crippen LogP contribution is -2.12. The van der Waals surface area contributed by atoms with Crippen molar-refractivity contribution in [3.05, 3.63) is 182 Å². The van der Waals surface area contributed by atoms with Crippen LogP contribution in [0.25, 0.3) is 67.2 Å². The maximum atomic E-state index is 6.27. The Bertz CT molecular complexity index is 2540. The second-order valence-electron chi connectivity index (χ2n) is 12.1. The number of anilines is 3. The van der Waals surface area contributed by atoms with Gasteiger partial charge in [-0.15, -0.1) is 0 Å². The van der Waals surface area contributed by atoms with Crippen LogP contribution in [0.5, 0.6) is 0 Å². The Balaban J connectivity index is 1.23. The van der Waals surface area contributed by atoms with E-state index in [1.807, 2.05) is 48.5 Å². The summed E-state index contributed by atoms with van der Waals surface area (Å²) in [7, 11) is 0. The van der Waals surface area contributed by atoms with Crippen molar-refractivity contribution in [3.63, 3.8) is 0 Å². The lowest BCUT2D eigenvalue weighted by molar-refractivity contribution is 0.669. The van der Waals surface area contributed by atoms with Crippen LogP contribution in [0.2, 0.25) is 0 Å². The summed E-state index contributed by atoms with van der Waals surface area (Å²) < 4.78 is 6.27. The van der Waals surface area contributed by atoms with E-state index in [9.17, 15) is 0 Å². The average molecular weight is 643 g/mol. The Hall–Kier alpha value is -6.85. The first-order valence-corrected chi connectivity index (χ1v) is 16.6. The van der Waals surface area contributed by atoms with Crippen molar-refractivity contribution in [3.8, 4) is 45.3 Å². The minimum atomic E-state index is 0.570. The standard InChI is InChI=1S/C45H30N4O/c1-4-14-31(15-5-1)32-24-26-33(27-25-32)43-46-44(34-28-29-38-37-20-11-13-23-41(37)50-42(38)30-34)48-45(47-43)39-21-10-12-22-40(39)49(35-16-6-2-7-17-35)36-18-8-3-9-19-36/h1-30H. The number of rotatable bonds is 7. The smallest absolute Gasteiger partial charge is 0.166 e. The highest BCUT2D eigenvalue weighted by atomic mass is 16.3. The number of hydrogen-bond donors (Lipinski definition) is 0. The van der Waals surface area contributed by atoms with Gasteiger partial charge in [-0.1, -0.05) is 127 Å².